The van der Waals surface area contributed by atoms with Crippen LogP contribution in [0, 0.1) is 0 Å². The highest BCUT2D eigenvalue weighted by atomic mass is 16.5. The van der Waals surface area contributed by atoms with E-state index in [0.717, 1.165) is 12.8 Å². The van der Waals surface area contributed by atoms with Gasteiger partial charge >= 0.3 is 5.97 Å². The van der Waals surface area contributed by atoms with E-state index in [1.807, 2.05) is 6.92 Å². The molecule has 0 amide bonds. The first-order chi connectivity index (χ1) is 15.8. The van der Waals surface area contributed by atoms with E-state index in [2.05, 4.69) is 19.1 Å². The van der Waals surface area contributed by atoms with Gasteiger partial charge in [-0.15, -0.1) is 0 Å². The van der Waals surface area contributed by atoms with Gasteiger partial charge in [-0.1, -0.05) is 70.4 Å². The lowest BCUT2D eigenvalue weighted by Gasteiger charge is -2.16. The van der Waals surface area contributed by atoms with E-state index in [0.29, 0.717) is 19.6 Å². The molecule has 3 atom stereocenters. The van der Waals surface area contributed by atoms with Crippen LogP contribution >= 0.6 is 0 Å². The molecule has 0 aliphatic heterocycles. The summed E-state index contributed by atoms with van der Waals surface area (Å²) in [5.74, 6) is -0.664. The third kappa shape index (κ3) is 33.3. The molecule has 0 spiro atoms. The third-order valence-electron chi connectivity index (χ3n) is 5.15. The number of carboxylic acids is 1. The van der Waals surface area contributed by atoms with E-state index >= 15 is 0 Å². The lowest BCUT2D eigenvalue weighted by atomic mass is 10.1. The fourth-order valence-corrected chi connectivity index (χ4v) is 3.05. The van der Waals surface area contributed by atoms with Crippen LogP contribution in [0.15, 0.2) is 12.2 Å². The maximum atomic E-state index is 10.3. The van der Waals surface area contributed by atoms with Crippen molar-refractivity contribution in [3.8, 4) is 0 Å². The first-order valence-electron chi connectivity index (χ1n) is 13.2. The number of carboxylic acid groups (broad SMARTS) is 1. The van der Waals surface area contributed by atoms with Crippen molar-refractivity contribution in [3.05, 3.63) is 12.2 Å². The molecule has 0 heterocycles. The SMILES string of the molecule is CC(O)COC(C)COC(C)CO.CCCCCCCC/C=C\CCCCCCCC(=O)O. The normalized spacial score (nSPS) is 14.0. The lowest BCUT2D eigenvalue weighted by Crippen LogP contribution is -2.24. The summed E-state index contributed by atoms with van der Waals surface area (Å²) in [6, 6.07) is 0. The van der Waals surface area contributed by atoms with Crippen LogP contribution in [0.5, 0.6) is 0 Å². The largest absolute Gasteiger partial charge is 0.481 e. The second kappa shape index (κ2) is 27.3. The molecule has 0 saturated heterocycles. The summed E-state index contributed by atoms with van der Waals surface area (Å²) in [5, 5.41) is 26.1. The molecule has 0 aliphatic rings. The standard InChI is InChI=1S/C18H34O2.C9H20O4/c1-2-3-4-5-6-7-8-9-10-11-12-13-14-15-16-17-18(19)20;1-7(11)5-12-9(3)6-13-8(2)4-10/h9-10H,2-8,11-17H2,1H3,(H,19,20);7-11H,4-6H2,1-3H3/b10-9-;. The van der Waals surface area contributed by atoms with E-state index in [4.69, 9.17) is 24.8 Å². The Kier molecular flexibility index (Phi) is 28.3. The van der Waals surface area contributed by atoms with Gasteiger partial charge in [0, 0.05) is 6.42 Å². The molecule has 0 aliphatic carbocycles. The van der Waals surface area contributed by atoms with Crippen molar-refractivity contribution < 1.29 is 29.6 Å². The number of unbranched alkanes of at least 4 members (excludes halogenated alkanes) is 11. The fourth-order valence-electron chi connectivity index (χ4n) is 3.05. The van der Waals surface area contributed by atoms with Crippen LogP contribution in [0.3, 0.4) is 0 Å². The topological polar surface area (TPSA) is 96.2 Å². The summed E-state index contributed by atoms with van der Waals surface area (Å²) in [4.78, 5) is 10.3. The minimum Gasteiger partial charge on any atom is -0.481 e. The van der Waals surface area contributed by atoms with Gasteiger partial charge in [-0.05, 0) is 52.9 Å². The van der Waals surface area contributed by atoms with Crippen molar-refractivity contribution in [2.75, 3.05) is 19.8 Å². The zero-order valence-corrected chi connectivity index (χ0v) is 22.0. The molecule has 198 valence electrons. The van der Waals surface area contributed by atoms with Gasteiger partial charge in [-0.25, -0.2) is 0 Å². The molecular formula is C27H54O6. The van der Waals surface area contributed by atoms with Gasteiger partial charge in [0.15, 0.2) is 0 Å². The maximum absolute atomic E-state index is 10.3. The highest BCUT2D eigenvalue weighted by Crippen LogP contribution is 2.09. The Hall–Kier alpha value is -0.950. The fraction of sp³-hybridized carbons (Fsp3) is 0.889. The van der Waals surface area contributed by atoms with Crippen LogP contribution in [0.2, 0.25) is 0 Å². The van der Waals surface area contributed by atoms with E-state index in [1.54, 1.807) is 13.8 Å². The highest BCUT2D eigenvalue weighted by molar-refractivity contribution is 5.66. The number of hydrogen-bond acceptors (Lipinski definition) is 5. The Morgan fingerprint density at radius 3 is 1.73 bits per heavy atom. The summed E-state index contributed by atoms with van der Waals surface area (Å²) < 4.78 is 10.5. The molecule has 0 aromatic carbocycles. The quantitative estimate of drug-likeness (QED) is 0.126. The maximum Gasteiger partial charge on any atom is 0.303 e. The average Bonchev–Trinajstić information content (AvgIpc) is 2.78. The number of aliphatic hydroxyl groups excluding tert-OH is 2. The summed E-state index contributed by atoms with van der Waals surface area (Å²) in [7, 11) is 0. The number of carbonyl (C=O) groups is 1. The zero-order chi connectivity index (χ0) is 25.2. The minimum absolute atomic E-state index is 0.0170. The summed E-state index contributed by atoms with van der Waals surface area (Å²) in [6.07, 6.45) is 20.6. The molecule has 33 heavy (non-hydrogen) atoms. The van der Waals surface area contributed by atoms with Crippen molar-refractivity contribution in [3.63, 3.8) is 0 Å². The molecule has 0 aromatic rings. The Morgan fingerprint density at radius 1 is 0.758 bits per heavy atom. The van der Waals surface area contributed by atoms with E-state index in [-0.39, 0.29) is 18.8 Å². The Morgan fingerprint density at radius 2 is 1.24 bits per heavy atom. The van der Waals surface area contributed by atoms with Crippen molar-refractivity contribution in [1.82, 2.24) is 0 Å². The second-order valence-electron chi connectivity index (χ2n) is 9.05. The van der Waals surface area contributed by atoms with Crippen LogP contribution < -0.4 is 0 Å². The number of aliphatic hydroxyl groups is 2. The number of ether oxygens (including phenoxy) is 2. The van der Waals surface area contributed by atoms with E-state index in [1.165, 1.54) is 70.6 Å². The van der Waals surface area contributed by atoms with E-state index in [9.17, 15) is 4.79 Å². The molecule has 3 unspecified atom stereocenters. The van der Waals surface area contributed by atoms with Crippen LogP contribution in [0.4, 0.5) is 0 Å². The smallest absolute Gasteiger partial charge is 0.303 e. The molecule has 0 bridgehead atoms. The van der Waals surface area contributed by atoms with Crippen molar-refractivity contribution >= 4 is 5.97 Å². The molecule has 6 nitrogen and oxygen atoms in total. The lowest BCUT2D eigenvalue weighted by molar-refractivity contribution is -0.137. The van der Waals surface area contributed by atoms with Crippen molar-refractivity contribution in [2.45, 2.75) is 136 Å². The summed E-state index contributed by atoms with van der Waals surface area (Å²) in [6.45, 7) is 8.36. The van der Waals surface area contributed by atoms with Gasteiger partial charge in [0.05, 0.1) is 38.1 Å². The van der Waals surface area contributed by atoms with Gasteiger partial charge in [0.25, 0.3) is 0 Å². The Labute approximate surface area is 203 Å². The highest BCUT2D eigenvalue weighted by Gasteiger charge is 2.07. The molecule has 6 heteroatoms. The van der Waals surface area contributed by atoms with Crippen LogP contribution in [0.1, 0.15) is 118 Å². The van der Waals surface area contributed by atoms with Gasteiger partial charge in [0.1, 0.15) is 0 Å². The second-order valence-corrected chi connectivity index (χ2v) is 9.05. The molecule has 0 fully saturated rings. The summed E-state index contributed by atoms with van der Waals surface area (Å²) >= 11 is 0. The van der Waals surface area contributed by atoms with Crippen molar-refractivity contribution in [2.24, 2.45) is 0 Å². The van der Waals surface area contributed by atoms with Gasteiger partial charge in [-0.3, -0.25) is 4.79 Å². The Balaban J connectivity index is 0. The first kappa shape index (κ1) is 34.2. The van der Waals surface area contributed by atoms with Crippen LogP contribution in [-0.2, 0) is 14.3 Å². The average molecular weight is 475 g/mol. The number of hydrogen-bond donors (Lipinski definition) is 3. The third-order valence-corrected chi connectivity index (χ3v) is 5.15. The zero-order valence-electron chi connectivity index (χ0n) is 22.0. The van der Waals surface area contributed by atoms with Gasteiger partial charge in [-0.2, -0.15) is 0 Å². The molecule has 3 N–H and O–H groups in total. The minimum atomic E-state index is -0.664. The van der Waals surface area contributed by atoms with Crippen LogP contribution in [0.25, 0.3) is 0 Å². The van der Waals surface area contributed by atoms with Crippen LogP contribution in [-0.4, -0.2) is 59.4 Å². The van der Waals surface area contributed by atoms with Crippen molar-refractivity contribution in [1.29, 1.82) is 0 Å². The number of allylic oxidation sites excluding steroid dienone is 2. The molecule has 0 rings (SSSR count). The van der Waals surface area contributed by atoms with E-state index < -0.39 is 12.1 Å². The molecule has 0 aromatic heterocycles. The summed E-state index contributed by atoms with van der Waals surface area (Å²) in [5.41, 5.74) is 0. The number of rotatable bonds is 22. The number of aliphatic carboxylic acids is 1. The Bertz CT molecular complexity index is 425. The van der Waals surface area contributed by atoms with Gasteiger partial charge < -0.3 is 24.8 Å². The molecule has 0 saturated carbocycles. The van der Waals surface area contributed by atoms with Gasteiger partial charge in [0.2, 0.25) is 0 Å². The predicted molar refractivity (Wildman–Crippen MR) is 137 cm³/mol. The molecular weight excluding hydrogens is 420 g/mol. The first-order valence-corrected chi connectivity index (χ1v) is 13.2. The monoisotopic (exact) mass is 474 g/mol. The predicted octanol–water partition coefficient (Wildman–Crippen LogP) is 6.28. The molecule has 0 radical (unpaired) electrons.